The van der Waals surface area contributed by atoms with Gasteiger partial charge < -0.3 is 14.8 Å². The SMILES string of the molecule is CCCOc1ncccc1CNC(=O)c1cccnc1OC. The van der Waals surface area contributed by atoms with Gasteiger partial charge in [0, 0.05) is 24.5 Å². The maximum atomic E-state index is 12.2. The van der Waals surface area contributed by atoms with Gasteiger partial charge in [0.05, 0.1) is 13.7 Å². The van der Waals surface area contributed by atoms with Crippen molar-refractivity contribution in [1.82, 2.24) is 15.3 Å². The van der Waals surface area contributed by atoms with Crippen LogP contribution >= 0.6 is 0 Å². The molecule has 2 aromatic heterocycles. The molecule has 0 atom stereocenters. The monoisotopic (exact) mass is 301 g/mol. The van der Waals surface area contributed by atoms with Crippen LogP contribution in [0.15, 0.2) is 36.7 Å². The van der Waals surface area contributed by atoms with Crippen LogP contribution in [0.1, 0.15) is 29.3 Å². The predicted octanol–water partition coefficient (Wildman–Crippen LogP) is 2.20. The number of carbonyl (C=O) groups is 1. The van der Waals surface area contributed by atoms with Crippen LogP contribution in [0.3, 0.4) is 0 Å². The highest BCUT2D eigenvalue weighted by Crippen LogP contribution is 2.16. The van der Waals surface area contributed by atoms with Crippen molar-refractivity contribution in [3.8, 4) is 11.8 Å². The fourth-order valence-electron chi connectivity index (χ4n) is 1.88. The first-order valence-corrected chi connectivity index (χ1v) is 7.10. The molecular weight excluding hydrogens is 282 g/mol. The molecular formula is C16H19N3O3. The van der Waals surface area contributed by atoms with E-state index in [0.29, 0.717) is 30.5 Å². The summed E-state index contributed by atoms with van der Waals surface area (Å²) in [4.78, 5) is 20.4. The standard InChI is InChI=1S/C16H19N3O3/c1-3-10-22-15-12(6-4-8-17-15)11-19-14(20)13-7-5-9-18-16(13)21-2/h4-9H,3,10-11H2,1-2H3,(H,19,20). The second-order valence-electron chi connectivity index (χ2n) is 4.56. The molecule has 1 N–H and O–H groups in total. The van der Waals surface area contributed by atoms with Gasteiger partial charge in [-0.1, -0.05) is 13.0 Å². The maximum absolute atomic E-state index is 12.2. The molecule has 0 aliphatic rings. The minimum absolute atomic E-state index is 0.254. The van der Waals surface area contributed by atoms with Gasteiger partial charge in [-0.25, -0.2) is 9.97 Å². The number of hydrogen-bond acceptors (Lipinski definition) is 5. The molecule has 0 saturated heterocycles. The van der Waals surface area contributed by atoms with Crippen LogP contribution in [0.4, 0.5) is 0 Å². The third-order valence-electron chi connectivity index (χ3n) is 2.94. The van der Waals surface area contributed by atoms with Crippen molar-refractivity contribution in [3.63, 3.8) is 0 Å². The highest BCUT2D eigenvalue weighted by Gasteiger charge is 2.13. The summed E-state index contributed by atoms with van der Waals surface area (Å²) in [5, 5.41) is 2.83. The summed E-state index contributed by atoms with van der Waals surface area (Å²) in [5.74, 6) is 0.590. The summed E-state index contributed by atoms with van der Waals surface area (Å²) in [7, 11) is 1.48. The number of pyridine rings is 2. The van der Waals surface area contributed by atoms with Gasteiger partial charge in [-0.2, -0.15) is 0 Å². The average Bonchev–Trinajstić information content (AvgIpc) is 2.58. The van der Waals surface area contributed by atoms with E-state index in [1.54, 1.807) is 24.5 Å². The third kappa shape index (κ3) is 3.94. The number of aromatic nitrogens is 2. The molecule has 6 heteroatoms. The van der Waals surface area contributed by atoms with Crippen molar-refractivity contribution >= 4 is 5.91 Å². The molecule has 0 aliphatic heterocycles. The van der Waals surface area contributed by atoms with E-state index in [2.05, 4.69) is 15.3 Å². The molecule has 0 spiro atoms. The van der Waals surface area contributed by atoms with Gasteiger partial charge >= 0.3 is 0 Å². The molecule has 0 aliphatic carbocycles. The molecule has 22 heavy (non-hydrogen) atoms. The normalized spacial score (nSPS) is 10.1. The number of ether oxygens (including phenoxy) is 2. The summed E-state index contributed by atoms with van der Waals surface area (Å²) >= 11 is 0. The van der Waals surface area contributed by atoms with Crippen LogP contribution in [-0.4, -0.2) is 29.6 Å². The summed E-state index contributed by atoms with van der Waals surface area (Å²) < 4.78 is 10.7. The Bertz CT molecular complexity index is 632. The van der Waals surface area contributed by atoms with Gasteiger partial charge in [-0.05, 0) is 24.6 Å². The highest BCUT2D eigenvalue weighted by atomic mass is 16.5. The summed E-state index contributed by atoms with van der Waals surface area (Å²) in [6.07, 6.45) is 4.14. The number of rotatable bonds is 7. The molecule has 6 nitrogen and oxygen atoms in total. The molecule has 0 fully saturated rings. The van der Waals surface area contributed by atoms with E-state index in [-0.39, 0.29) is 5.91 Å². The fourth-order valence-corrected chi connectivity index (χ4v) is 1.88. The number of carbonyl (C=O) groups excluding carboxylic acids is 1. The Morgan fingerprint density at radius 2 is 1.91 bits per heavy atom. The molecule has 2 rings (SSSR count). The number of amides is 1. The lowest BCUT2D eigenvalue weighted by Crippen LogP contribution is -2.24. The first kappa shape index (κ1) is 15.8. The number of hydrogen-bond donors (Lipinski definition) is 1. The zero-order chi connectivity index (χ0) is 15.8. The lowest BCUT2D eigenvalue weighted by molar-refractivity contribution is 0.0946. The van der Waals surface area contributed by atoms with E-state index in [1.165, 1.54) is 7.11 Å². The molecule has 2 heterocycles. The third-order valence-corrected chi connectivity index (χ3v) is 2.94. The van der Waals surface area contributed by atoms with E-state index < -0.39 is 0 Å². The van der Waals surface area contributed by atoms with Gasteiger partial charge in [0.15, 0.2) is 0 Å². The van der Waals surface area contributed by atoms with Gasteiger partial charge in [-0.3, -0.25) is 4.79 Å². The van der Waals surface area contributed by atoms with E-state index >= 15 is 0 Å². The van der Waals surface area contributed by atoms with Crippen LogP contribution < -0.4 is 14.8 Å². The maximum Gasteiger partial charge on any atom is 0.257 e. The molecule has 116 valence electrons. The van der Waals surface area contributed by atoms with Gasteiger partial charge in [0.2, 0.25) is 11.8 Å². The lowest BCUT2D eigenvalue weighted by atomic mass is 10.2. The average molecular weight is 301 g/mol. The van der Waals surface area contributed by atoms with Crippen LogP contribution in [0, 0.1) is 0 Å². The van der Waals surface area contributed by atoms with Gasteiger partial charge in [0.1, 0.15) is 5.56 Å². The minimum atomic E-state index is -0.254. The largest absolute Gasteiger partial charge is 0.480 e. The molecule has 0 aromatic carbocycles. The molecule has 0 bridgehead atoms. The first-order valence-electron chi connectivity index (χ1n) is 7.10. The van der Waals surface area contributed by atoms with Crippen LogP contribution in [-0.2, 0) is 6.54 Å². The molecule has 0 radical (unpaired) electrons. The molecule has 1 amide bonds. The van der Waals surface area contributed by atoms with Crippen molar-refractivity contribution in [2.75, 3.05) is 13.7 Å². The van der Waals surface area contributed by atoms with Crippen molar-refractivity contribution in [1.29, 1.82) is 0 Å². The molecule has 0 unspecified atom stereocenters. The number of nitrogens with zero attached hydrogens (tertiary/aromatic N) is 2. The van der Waals surface area contributed by atoms with Crippen molar-refractivity contribution in [2.45, 2.75) is 19.9 Å². The second kappa shape index (κ2) is 7.97. The van der Waals surface area contributed by atoms with E-state index in [9.17, 15) is 4.79 Å². The van der Waals surface area contributed by atoms with Crippen LogP contribution in [0.25, 0.3) is 0 Å². The Hall–Kier alpha value is -2.63. The highest BCUT2D eigenvalue weighted by molar-refractivity contribution is 5.96. The molecule has 2 aromatic rings. The van der Waals surface area contributed by atoms with Crippen LogP contribution in [0.2, 0.25) is 0 Å². The zero-order valence-corrected chi connectivity index (χ0v) is 12.7. The zero-order valence-electron chi connectivity index (χ0n) is 12.7. The lowest BCUT2D eigenvalue weighted by Gasteiger charge is -2.11. The van der Waals surface area contributed by atoms with E-state index in [1.807, 2.05) is 19.1 Å². The summed E-state index contributed by atoms with van der Waals surface area (Å²) in [6, 6.07) is 7.04. The Balaban J connectivity index is 2.05. The van der Waals surface area contributed by atoms with Crippen molar-refractivity contribution in [3.05, 3.63) is 47.8 Å². The second-order valence-corrected chi connectivity index (χ2v) is 4.56. The number of methoxy groups -OCH3 is 1. The Morgan fingerprint density at radius 3 is 2.64 bits per heavy atom. The quantitative estimate of drug-likeness (QED) is 0.848. The van der Waals surface area contributed by atoms with Crippen molar-refractivity contribution in [2.24, 2.45) is 0 Å². The minimum Gasteiger partial charge on any atom is -0.480 e. The first-order chi connectivity index (χ1) is 10.8. The van der Waals surface area contributed by atoms with Gasteiger partial charge in [-0.15, -0.1) is 0 Å². The number of nitrogens with one attached hydrogen (secondary N) is 1. The van der Waals surface area contributed by atoms with Gasteiger partial charge in [0.25, 0.3) is 5.91 Å². The molecule has 0 saturated carbocycles. The van der Waals surface area contributed by atoms with E-state index in [4.69, 9.17) is 9.47 Å². The topological polar surface area (TPSA) is 73.3 Å². The predicted molar refractivity (Wildman–Crippen MR) is 82.0 cm³/mol. The fraction of sp³-hybridized carbons (Fsp3) is 0.312. The summed E-state index contributed by atoms with van der Waals surface area (Å²) in [5.41, 5.74) is 1.22. The summed E-state index contributed by atoms with van der Waals surface area (Å²) in [6.45, 7) is 2.94. The Kier molecular flexibility index (Phi) is 5.71. The Labute approximate surface area is 129 Å². The van der Waals surface area contributed by atoms with Crippen molar-refractivity contribution < 1.29 is 14.3 Å². The van der Waals surface area contributed by atoms with Crippen LogP contribution in [0.5, 0.6) is 11.8 Å². The smallest absolute Gasteiger partial charge is 0.257 e. The van der Waals surface area contributed by atoms with E-state index in [0.717, 1.165) is 12.0 Å². The Morgan fingerprint density at radius 1 is 1.18 bits per heavy atom.